The third kappa shape index (κ3) is 2.60. The van der Waals surface area contributed by atoms with Gasteiger partial charge in [-0.3, -0.25) is 4.79 Å². The molecule has 0 aliphatic carbocycles. The molecule has 0 aliphatic rings. The van der Waals surface area contributed by atoms with Gasteiger partial charge < -0.3 is 20.8 Å². The summed E-state index contributed by atoms with van der Waals surface area (Å²) in [4.78, 5) is 13.2. The third-order valence-corrected chi connectivity index (χ3v) is 2.11. The van der Waals surface area contributed by atoms with Crippen LogP contribution >= 0.6 is 12.2 Å². The molecule has 5 nitrogen and oxygen atoms in total. The molecule has 0 spiro atoms. The number of likely N-dealkylation sites (N-methyl/N-ethyl adjacent to an activating group) is 1. The van der Waals surface area contributed by atoms with Crippen LogP contribution in [0.4, 0.5) is 0 Å². The molecule has 1 amide bonds. The molecule has 1 aromatic carbocycles. The fourth-order valence-electron chi connectivity index (χ4n) is 1.22. The van der Waals surface area contributed by atoms with Gasteiger partial charge in [-0.1, -0.05) is 18.3 Å². The first-order valence-electron chi connectivity index (χ1n) is 4.48. The van der Waals surface area contributed by atoms with Gasteiger partial charge in [-0.25, -0.2) is 0 Å². The van der Waals surface area contributed by atoms with Gasteiger partial charge in [-0.15, -0.1) is 0 Å². The lowest BCUT2D eigenvalue weighted by molar-refractivity contribution is 0.0811. The van der Waals surface area contributed by atoms with Crippen LogP contribution in [0.1, 0.15) is 10.4 Å². The first-order chi connectivity index (χ1) is 7.43. The van der Waals surface area contributed by atoms with Crippen LogP contribution in [-0.2, 0) is 0 Å². The van der Waals surface area contributed by atoms with Crippen molar-refractivity contribution in [2.45, 2.75) is 0 Å². The van der Waals surface area contributed by atoms with Crippen LogP contribution in [-0.4, -0.2) is 39.6 Å². The predicted octanol–water partition coefficient (Wildman–Crippen LogP) is 0.456. The Kier molecular flexibility index (Phi) is 3.68. The number of nitrogens with two attached hydrogens (primary N) is 1. The fraction of sp³-hybridized carbons (Fsp3) is 0.200. The number of hydrogen-bond acceptors (Lipinski definition) is 4. The van der Waals surface area contributed by atoms with Gasteiger partial charge in [0.2, 0.25) is 0 Å². The van der Waals surface area contributed by atoms with Crippen LogP contribution < -0.4 is 5.73 Å². The number of hydrogen-bond donors (Lipinski definition) is 3. The van der Waals surface area contributed by atoms with Gasteiger partial charge in [0, 0.05) is 7.05 Å². The standard InChI is InChI=1S/C10H12N2O3S/c1-12(5-8(11)16)10(15)6-3-2-4-7(13)9(6)14/h2-4,13-14H,5H2,1H3,(H2,11,16). The molecule has 0 aromatic heterocycles. The van der Waals surface area contributed by atoms with Crippen molar-refractivity contribution >= 4 is 23.1 Å². The van der Waals surface area contributed by atoms with Crippen molar-refractivity contribution in [2.24, 2.45) is 5.73 Å². The number of para-hydroxylation sites is 1. The molecule has 0 atom stereocenters. The second-order valence-corrected chi connectivity index (χ2v) is 3.83. The Hall–Kier alpha value is -1.82. The number of benzene rings is 1. The highest BCUT2D eigenvalue weighted by Crippen LogP contribution is 2.28. The van der Waals surface area contributed by atoms with Gasteiger partial charge in [0.05, 0.1) is 17.1 Å². The summed E-state index contributed by atoms with van der Waals surface area (Å²) in [6, 6.07) is 4.17. The number of rotatable bonds is 3. The lowest BCUT2D eigenvalue weighted by Crippen LogP contribution is -2.34. The predicted molar refractivity (Wildman–Crippen MR) is 63.5 cm³/mol. The van der Waals surface area contributed by atoms with Gasteiger partial charge in [0.1, 0.15) is 0 Å². The highest BCUT2D eigenvalue weighted by Gasteiger charge is 2.17. The van der Waals surface area contributed by atoms with Crippen molar-refractivity contribution in [3.8, 4) is 11.5 Å². The van der Waals surface area contributed by atoms with Gasteiger partial charge in [0.25, 0.3) is 5.91 Å². The molecule has 86 valence electrons. The average molecular weight is 240 g/mol. The highest BCUT2D eigenvalue weighted by molar-refractivity contribution is 7.80. The smallest absolute Gasteiger partial charge is 0.257 e. The van der Waals surface area contributed by atoms with E-state index in [0.717, 1.165) is 0 Å². The summed E-state index contributed by atoms with van der Waals surface area (Å²) in [5.41, 5.74) is 5.32. The molecule has 0 bridgehead atoms. The molecule has 0 saturated heterocycles. The molecule has 0 saturated carbocycles. The molecular weight excluding hydrogens is 228 g/mol. The van der Waals surface area contributed by atoms with Crippen molar-refractivity contribution in [1.29, 1.82) is 0 Å². The summed E-state index contributed by atoms with van der Waals surface area (Å²) >= 11 is 4.67. The van der Waals surface area contributed by atoms with E-state index in [9.17, 15) is 15.0 Å². The molecule has 0 unspecified atom stereocenters. The van der Waals surface area contributed by atoms with E-state index in [2.05, 4.69) is 12.2 Å². The number of nitrogens with zero attached hydrogens (tertiary/aromatic N) is 1. The molecule has 0 fully saturated rings. The number of carbonyl (C=O) groups is 1. The third-order valence-electron chi connectivity index (χ3n) is 1.98. The Balaban J connectivity index is 2.96. The topological polar surface area (TPSA) is 86.8 Å². The van der Waals surface area contributed by atoms with Crippen LogP contribution in [0.15, 0.2) is 18.2 Å². The Labute approximate surface area is 98.1 Å². The summed E-state index contributed by atoms with van der Waals surface area (Å²) in [6.45, 7) is 0.114. The van der Waals surface area contributed by atoms with Gasteiger partial charge in [-0.05, 0) is 12.1 Å². The van der Waals surface area contributed by atoms with Crippen LogP contribution in [0.25, 0.3) is 0 Å². The average Bonchev–Trinajstić information content (AvgIpc) is 2.20. The maximum atomic E-state index is 11.8. The van der Waals surface area contributed by atoms with Crippen molar-refractivity contribution in [1.82, 2.24) is 4.90 Å². The van der Waals surface area contributed by atoms with E-state index < -0.39 is 11.7 Å². The Morgan fingerprint density at radius 2 is 2.12 bits per heavy atom. The lowest BCUT2D eigenvalue weighted by atomic mass is 10.1. The number of aromatic hydroxyl groups is 2. The molecule has 0 aliphatic heterocycles. The zero-order valence-corrected chi connectivity index (χ0v) is 9.49. The number of amides is 1. The normalized spacial score (nSPS) is 9.81. The largest absolute Gasteiger partial charge is 0.504 e. The number of thiocarbonyl (C=S) groups is 1. The minimum atomic E-state index is -0.457. The zero-order valence-electron chi connectivity index (χ0n) is 8.67. The van der Waals surface area contributed by atoms with E-state index in [1.807, 2.05) is 0 Å². The van der Waals surface area contributed by atoms with E-state index >= 15 is 0 Å². The molecule has 1 rings (SSSR count). The second kappa shape index (κ2) is 4.80. The van der Waals surface area contributed by atoms with E-state index in [0.29, 0.717) is 0 Å². The van der Waals surface area contributed by atoms with Crippen LogP contribution in [0, 0.1) is 0 Å². The van der Waals surface area contributed by atoms with Crippen LogP contribution in [0.2, 0.25) is 0 Å². The van der Waals surface area contributed by atoms with Gasteiger partial charge in [-0.2, -0.15) is 0 Å². The first-order valence-corrected chi connectivity index (χ1v) is 4.89. The zero-order chi connectivity index (χ0) is 12.3. The Bertz CT molecular complexity index is 434. The van der Waals surface area contributed by atoms with Crippen molar-refractivity contribution in [2.75, 3.05) is 13.6 Å². The maximum absolute atomic E-state index is 11.8. The lowest BCUT2D eigenvalue weighted by Gasteiger charge is -2.16. The molecule has 0 heterocycles. The number of phenols is 2. The molecular formula is C10H12N2O3S. The summed E-state index contributed by atoms with van der Waals surface area (Å²) in [5.74, 6) is -1.24. The fourth-order valence-corrected chi connectivity index (χ4v) is 1.41. The van der Waals surface area contributed by atoms with Crippen LogP contribution in [0.3, 0.4) is 0 Å². The van der Waals surface area contributed by atoms with E-state index in [-0.39, 0.29) is 22.8 Å². The van der Waals surface area contributed by atoms with Crippen molar-refractivity contribution in [3.63, 3.8) is 0 Å². The first kappa shape index (κ1) is 12.3. The Morgan fingerprint density at radius 1 is 1.50 bits per heavy atom. The Morgan fingerprint density at radius 3 is 2.69 bits per heavy atom. The summed E-state index contributed by atoms with van der Waals surface area (Å²) in [6.07, 6.45) is 0. The summed E-state index contributed by atoms with van der Waals surface area (Å²) < 4.78 is 0. The van der Waals surface area contributed by atoms with E-state index in [4.69, 9.17) is 5.73 Å². The molecule has 16 heavy (non-hydrogen) atoms. The van der Waals surface area contributed by atoms with Crippen LogP contribution in [0.5, 0.6) is 11.5 Å². The van der Waals surface area contributed by atoms with Gasteiger partial charge in [0.15, 0.2) is 11.5 Å². The minimum absolute atomic E-state index is 0.0127. The molecule has 0 radical (unpaired) electrons. The summed E-state index contributed by atoms with van der Waals surface area (Å²) in [5, 5.41) is 18.7. The van der Waals surface area contributed by atoms with E-state index in [1.54, 1.807) is 0 Å². The quantitative estimate of drug-likeness (QED) is 0.527. The van der Waals surface area contributed by atoms with Crippen molar-refractivity contribution < 1.29 is 15.0 Å². The second-order valence-electron chi connectivity index (χ2n) is 3.30. The minimum Gasteiger partial charge on any atom is -0.504 e. The SMILES string of the molecule is CN(CC(N)=S)C(=O)c1cccc(O)c1O. The summed E-state index contributed by atoms with van der Waals surface area (Å²) in [7, 11) is 1.50. The maximum Gasteiger partial charge on any atom is 0.257 e. The molecule has 1 aromatic rings. The van der Waals surface area contributed by atoms with Crippen molar-refractivity contribution in [3.05, 3.63) is 23.8 Å². The molecule has 6 heteroatoms. The number of phenolic OH excluding ortho intramolecular Hbond substituents is 2. The highest BCUT2D eigenvalue weighted by atomic mass is 32.1. The monoisotopic (exact) mass is 240 g/mol. The van der Waals surface area contributed by atoms with E-state index in [1.165, 1.54) is 30.1 Å². The number of carbonyl (C=O) groups excluding carboxylic acids is 1. The van der Waals surface area contributed by atoms with Gasteiger partial charge >= 0.3 is 0 Å². The molecule has 4 N–H and O–H groups in total.